The fourth-order valence-corrected chi connectivity index (χ4v) is 2.17. The van der Waals surface area contributed by atoms with E-state index in [1.165, 1.54) is 0 Å². The first-order valence-electron chi connectivity index (χ1n) is 5.90. The summed E-state index contributed by atoms with van der Waals surface area (Å²) in [6.45, 7) is 8.01. The van der Waals surface area contributed by atoms with Gasteiger partial charge in [0.15, 0.2) is 0 Å². The predicted octanol–water partition coefficient (Wildman–Crippen LogP) is 0.199. The maximum atomic E-state index is 12.0. The van der Waals surface area contributed by atoms with Crippen LogP contribution in [0.15, 0.2) is 0 Å². The second-order valence-corrected chi connectivity index (χ2v) is 4.43. The van der Waals surface area contributed by atoms with Gasteiger partial charge in [-0.1, -0.05) is 6.92 Å². The Kier molecular flexibility index (Phi) is 3.30. The Hall–Kier alpha value is -1.28. The van der Waals surface area contributed by atoms with Crippen molar-refractivity contribution in [2.45, 2.75) is 6.92 Å². The highest BCUT2D eigenvalue weighted by Gasteiger charge is 2.34. The molecular formula is C11H18N4O. The van der Waals surface area contributed by atoms with Crippen molar-refractivity contribution < 1.29 is 4.79 Å². The molecule has 5 heteroatoms. The molecule has 2 fully saturated rings. The molecule has 0 aromatic rings. The topological polar surface area (TPSA) is 50.6 Å². The number of hydrogen-bond acceptors (Lipinski definition) is 3. The molecule has 2 amide bonds. The molecule has 0 unspecified atom stereocenters. The summed E-state index contributed by atoms with van der Waals surface area (Å²) < 4.78 is 0. The van der Waals surface area contributed by atoms with Crippen LogP contribution in [0.1, 0.15) is 6.92 Å². The highest BCUT2D eigenvalue weighted by Crippen LogP contribution is 2.17. The number of carbonyl (C=O) groups excluding carboxylic acids is 1. The number of amides is 2. The standard InChI is InChI=1S/C11H18N4O/c1-2-13-3-5-14(6-4-13)11(16)15-8-10(7-12)9-15/h10H,2-6,8-9H2,1H3. The van der Waals surface area contributed by atoms with Gasteiger partial charge in [-0.15, -0.1) is 0 Å². The zero-order chi connectivity index (χ0) is 11.5. The van der Waals surface area contributed by atoms with Crippen molar-refractivity contribution >= 4 is 6.03 Å². The van der Waals surface area contributed by atoms with Crippen molar-refractivity contribution in [1.29, 1.82) is 5.26 Å². The molecule has 0 radical (unpaired) electrons. The fraction of sp³-hybridized carbons (Fsp3) is 0.818. The highest BCUT2D eigenvalue weighted by molar-refractivity contribution is 5.75. The van der Waals surface area contributed by atoms with Gasteiger partial charge < -0.3 is 14.7 Å². The molecule has 0 spiro atoms. The van der Waals surface area contributed by atoms with E-state index in [-0.39, 0.29) is 11.9 Å². The summed E-state index contributed by atoms with van der Waals surface area (Å²) in [5, 5.41) is 8.65. The van der Waals surface area contributed by atoms with Crippen LogP contribution in [0.25, 0.3) is 0 Å². The van der Waals surface area contributed by atoms with Crippen LogP contribution in [-0.4, -0.2) is 66.5 Å². The molecule has 2 aliphatic heterocycles. The minimum atomic E-state index is 0.0564. The van der Waals surface area contributed by atoms with Crippen molar-refractivity contribution in [3.05, 3.63) is 0 Å². The second-order valence-electron chi connectivity index (χ2n) is 4.43. The van der Waals surface area contributed by atoms with Crippen LogP contribution in [0.5, 0.6) is 0 Å². The number of carbonyl (C=O) groups is 1. The van der Waals surface area contributed by atoms with Gasteiger partial charge in [0.1, 0.15) is 0 Å². The summed E-state index contributed by atoms with van der Waals surface area (Å²) in [6, 6.07) is 2.30. The minimum Gasteiger partial charge on any atom is -0.322 e. The lowest BCUT2D eigenvalue weighted by Crippen LogP contribution is -2.58. The molecule has 88 valence electrons. The van der Waals surface area contributed by atoms with Crippen LogP contribution < -0.4 is 0 Å². The normalized spacial score (nSPS) is 22.8. The number of urea groups is 1. The third-order valence-electron chi connectivity index (χ3n) is 3.42. The van der Waals surface area contributed by atoms with Gasteiger partial charge in [0.25, 0.3) is 0 Å². The molecule has 0 N–H and O–H groups in total. The number of rotatable bonds is 1. The molecule has 2 saturated heterocycles. The quantitative estimate of drug-likeness (QED) is 0.637. The molecule has 0 saturated carbocycles. The van der Waals surface area contributed by atoms with E-state index < -0.39 is 0 Å². The first-order valence-corrected chi connectivity index (χ1v) is 5.90. The van der Waals surface area contributed by atoms with E-state index >= 15 is 0 Å². The molecule has 0 aromatic heterocycles. The largest absolute Gasteiger partial charge is 0.322 e. The van der Waals surface area contributed by atoms with Gasteiger partial charge in [0.2, 0.25) is 0 Å². The van der Waals surface area contributed by atoms with Gasteiger partial charge in [-0.25, -0.2) is 4.79 Å². The number of piperazine rings is 1. The van der Waals surface area contributed by atoms with Crippen LogP contribution in [0.2, 0.25) is 0 Å². The Morgan fingerprint density at radius 3 is 2.38 bits per heavy atom. The van der Waals surface area contributed by atoms with Crippen LogP contribution in [0.4, 0.5) is 4.79 Å². The van der Waals surface area contributed by atoms with Crippen molar-refractivity contribution in [3.8, 4) is 6.07 Å². The first kappa shape index (κ1) is 11.2. The SMILES string of the molecule is CCN1CCN(C(=O)N2CC(C#N)C2)CC1. The van der Waals surface area contributed by atoms with Gasteiger partial charge in [0.05, 0.1) is 12.0 Å². The molecule has 0 aromatic carbocycles. The van der Waals surface area contributed by atoms with Crippen LogP contribution in [0, 0.1) is 17.2 Å². The molecule has 2 aliphatic rings. The van der Waals surface area contributed by atoms with E-state index in [9.17, 15) is 4.79 Å². The monoisotopic (exact) mass is 222 g/mol. The van der Waals surface area contributed by atoms with Gasteiger partial charge in [0, 0.05) is 39.3 Å². The lowest BCUT2D eigenvalue weighted by atomic mass is 10.0. The highest BCUT2D eigenvalue weighted by atomic mass is 16.2. The van der Waals surface area contributed by atoms with Crippen molar-refractivity contribution in [2.24, 2.45) is 5.92 Å². The molecule has 0 bridgehead atoms. The molecule has 0 aliphatic carbocycles. The average molecular weight is 222 g/mol. The molecule has 2 rings (SSSR count). The summed E-state index contributed by atoms with van der Waals surface area (Å²) in [4.78, 5) is 18.0. The first-order chi connectivity index (χ1) is 7.74. The number of hydrogen-bond donors (Lipinski definition) is 0. The molecule has 16 heavy (non-hydrogen) atoms. The van der Waals surface area contributed by atoms with Gasteiger partial charge in [-0.3, -0.25) is 0 Å². The second kappa shape index (κ2) is 4.71. The van der Waals surface area contributed by atoms with Crippen molar-refractivity contribution in [2.75, 3.05) is 45.8 Å². The van der Waals surface area contributed by atoms with Gasteiger partial charge >= 0.3 is 6.03 Å². The summed E-state index contributed by atoms with van der Waals surface area (Å²) in [6.07, 6.45) is 0. The van der Waals surface area contributed by atoms with Crippen LogP contribution >= 0.6 is 0 Å². The van der Waals surface area contributed by atoms with E-state index in [1.807, 2.05) is 4.90 Å². The average Bonchev–Trinajstić information content (AvgIpc) is 2.27. The molecule has 5 nitrogen and oxygen atoms in total. The zero-order valence-corrected chi connectivity index (χ0v) is 9.72. The Morgan fingerprint density at radius 1 is 1.25 bits per heavy atom. The lowest BCUT2D eigenvalue weighted by molar-refractivity contribution is 0.0852. The van der Waals surface area contributed by atoms with E-state index in [2.05, 4.69) is 17.9 Å². The fourth-order valence-electron chi connectivity index (χ4n) is 2.17. The third kappa shape index (κ3) is 2.12. The number of nitriles is 1. The zero-order valence-electron chi connectivity index (χ0n) is 9.72. The number of nitrogens with zero attached hydrogens (tertiary/aromatic N) is 4. The van der Waals surface area contributed by atoms with Gasteiger partial charge in [-0.05, 0) is 6.54 Å². The smallest absolute Gasteiger partial charge is 0.320 e. The summed E-state index contributed by atoms with van der Waals surface area (Å²) in [5.74, 6) is 0.0564. The van der Waals surface area contributed by atoms with Crippen LogP contribution in [-0.2, 0) is 0 Å². The van der Waals surface area contributed by atoms with Crippen LogP contribution in [0.3, 0.4) is 0 Å². The minimum absolute atomic E-state index is 0.0564. The summed E-state index contributed by atoms with van der Waals surface area (Å²) in [5.41, 5.74) is 0. The number of likely N-dealkylation sites (N-methyl/N-ethyl adjacent to an activating group) is 1. The van der Waals surface area contributed by atoms with Crippen molar-refractivity contribution in [3.63, 3.8) is 0 Å². The van der Waals surface area contributed by atoms with E-state index in [1.54, 1.807) is 4.90 Å². The molecular weight excluding hydrogens is 204 g/mol. The van der Waals surface area contributed by atoms with E-state index in [0.29, 0.717) is 13.1 Å². The number of likely N-dealkylation sites (tertiary alicyclic amines) is 1. The Morgan fingerprint density at radius 2 is 1.88 bits per heavy atom. The van der Waals surface area contributed by atoms with E-state index in [4.69, 9.17) is 5.26 Å². The summed E-state index contributed by atoms with van der Waals surface area (Å²) in [7, 11) is 0. The van der Waals surface area contributed by atoms with Crippen molar-refractivity contribution in [1.82, 2.24) is 14.7 Å². The Labute approximate surface area is 96.2 Å². The molecule has 0 atom stereocenters. The maximum Gasteiger partial charge on any atom is 0.320 e. The maximum absolute atomic E-state index is 12.0. The molecule has 2 heterocycles. The Balaban J connectivity index is 1.77. The third-order valence-corrected chi connectivity index (χ3v) is 3.42. The summed E-state index contributed by atoms with van der Waals surface area (Å²) >= 11 is 0. The lowest BCUT2D eigenvalue weighted by Gasteiger charge is -2.41. The predicted molar refractivity (Wildman–Crippen MR) is 59.8 cm³/mol. The Bertz CT molecular complexity index is 298. The van der Waals surface area contributed by atoms with E-state index in [0.717, 1.165) is 32.7 Å². The van der Waals surface area contributed by atoms with Gasteiger partial charge in [-0.2, -0.15) is 5.26 Å².